The van der Waals surface area contributed by atoms with E-state index in [-0.39, 0.29) is 12.5 Å². The Kier molecular flexibility index (Phi) is 5.08. The number of aromatic nitrogens is 2. The molecule has 0 saturated carbocycles. The van der Waals surface area contributed by atoms with Gasteiger partial charge in [0.2, 0.25) is 5.91 Å². The third-order valence-electron chi connectivity index (χ3n) is 6.00. The molecule has 0 N–H and O–H groups in total. The Morgan fingerprint density at radius 1 is 1.13 bits per heavy atom. The molecule has 4 rings (SSSR count). The highest BCUT2D eigenvalue weighted by Crippen LogP contribution is 2.46. The SMILES string of the molecule is CCC1(CC)C(=O)N(Cc2ncc3cc(C(F)(F)F)ccc3c2Br)c2cnccc21. The smallest absolute Gasteiger partial charge is 0.304 e. The van der Waals surface area contributed by atoms with Crippen LogP contribution in [0.1, 0.15) is 43.5 Å². The molecule has 1 amide bonds. The number of rotatable bonds is 4. The Hall–Kier alpha value is -2.48. The van der Waals surface area contributed by atoms with E-state index in [1.165, 1.54) is 12.3 Å². The first-order valence-corrected chi connectivity index (χ1v) is 10.4. The second kappa shape index (κ2) is 7.34. The van der Waals surface area contributed by atoms with Crippen LogP contribution in [0.5, 0.6) is 0 Å². The van der Waals surface area contributed by atoms with Gasteiger partial charge >= 0.3 is 6.18 Å². The lowest BCUT2D eigenvalue weighted by Crippen LogP contribution is -2.39. The monoisotopic (exact) mass is 477 g/mol. The maximum Gasteiger partial charge on any atom is 0.416 e. The molecular formula is C22H19BrF3N3O. The molecule has 30 heavy (non-hydrogen) atoms. The van der Waals surface area contributed by atoms with Crippen molar-refractivity contribution in [2.24, 2.45) is 0 Å². The number of hydrogen-bond acceptors (Lipinski definition) is 3. The van der Waals surface area contributed by atoms with Crippen molar-refractivity contribution < 1.29 is 18.0 Å². The molecule has 156 valence electrons. The minimum Gasteiger partial charge on any atom is -0.304 e. The highest BCUT2D eigenvalue weighted by Gasteiger charge is 2.48. The van der Waals surface area contributed by atoms with Crippen LogP contribution in [-0.4, -0.2) is 15.9 Å². The van der Waals surface area contributed by atoms with E-state index in [2.05, 4.69) is 25.9 Å². The van der Waals surface area contributed by atoms with E-state index < -0.39 is 17.2 Å². The zero-order valence-electron chi connectivity index (χ0n) is 16.4. The van der Waals surface area contributed by atoms with Gasteiger partial charge in [0.15, 0.2) is 0 Å². The normalized spacial score (nSPS) is 15.7. The fourth-order valence-electron chi connectivity index (χ4n) is 4.24. The Balaban J connectivity index is 1.76. The molecule has 0 bridgehead atoms. The van der Waals surface area contributed by atoms with Gasteiger partial charge in [0.05, 0.1) is 35.1 Å². The molecule has 3 aromatic rings. The zero-order valence-corrected chi connectivity index (χ0v) is 18.0. The summed E-state index contributed by atoms with van der Waals surface area (Å²) < 4.78 is 39.6. The number of hydrogen-bond donors (Lipinski definition) is 0. The van der Waals surface area contributed by atoms with Crippen LogP contribution in [0.3, 0.4) is 0 Å². The lowest BCUT2D eigenvalue weighted by Gasteiger charge is -2.26. The number of carbonyl (C=O) groups excluding carboxylic acids is 1. The highest BCUT2D eigenvalue weighted by molar-refractivity contribution is 9.10. The third kappa shape index (κ3) is 3.09. The van der Waals surface area contributed by atoms with Crippen LogP contribution in [0.25, 0.3) is 10.8 Å². The summed E-state index contributed by atoms with van der Waals surface area (Å²) in [6, 6.07) is 5.45. The summed E-state index contributed by atoms with van der Waals surface area (Å²) in [6.07, 6.45) is 1.72. The zero-order chi connectivity index (χ0) is 21.7. The lowest BCUT2D eigenvalue weighted by molar-refractivity contribution is -0.137. The highest BCUT2D eigenvalue weighted by atomic mass is 79.9. The van der Waals surface area contributed by atoms with Crippen molar-refractivity contribution in [1.82, 2.24) is 9.97 Å². The Labute approximate surface area is 180 Å². The predicted octanol–water partition coefficient (Wildman–Crippen LogP) is 6.02. The maximum absolute atomic E-state index is 13.4. The van der Waals surface area contributed by atoms with Crippen LogP contribution in [0.15, 0.2) is 47.3 Å². The fourth-order valence-corrected chi connectivity index (χ4v) is 4.83. The van der Waals surface area contributed by atoms with Crippen molar-refractivity contribution in [3.63, 3.8) is 0 Å². The van der Waals surface area contributed by atoms with E-state index in [0.717, 1.165) is 23.4 Å². The quantitative estimate of drug-likeness (QED) is 0.461. The summed E-state index contributed by atoms with van der Waals surface area (Å²) in [4.78, 5) is 23.7. The van der Waals surface area contributed by atoms with Crippen LogP contribution in [0, 0.1) is 0 Å². The number of anilines is 1. The van der Waals surface area contributed by atoms with E-state index in [1.807, 2.05) is 19.9 Å². The number of carbonyl (C=O) groups is 1. The molecule has 0 atom stereocenters. The van der Waals surface area contributed by atoms with Gasteiger partial charge in [-0.1, -0.05) is 19.9 Å². The van der Waals surface area contributed by atoms with Crippen LogP contribution in [-0.2, 0) is 22.9 Å². The molecule has 1 aliphatic heterocycles. The van der Waals surface area contributed by atoms with Crippen molar-refractivity contribution in [3.8, 4) is 0 Å². The average molecular weight is 478 g/mol. The molecule has 1 aliphatic rings. The molecule has 0 spiro atoms. The summed E-state index contributed by atoms with van der Waals surface area (Å²) >= 11 is 3.49. The van der Waals surface area contributed by atoms with Crippen LogP contribution >= 0.6 is 15.9 Å². The Morgan fingerprint density at radius 2 is 1.87 bits per heavy atom. The molecular weight excluding hydrogens is 459 g/mol. The van der Waals surface area contributed by atoms with E-state index in [4.69, 9.17) is 0 Å². The Morgan fingerprint density at radius 3 is 2.53 bits per heavy atom. The molecule has 1 aromatic carbocycles. The standard InChI is InChI=1S/C22H19BrF3N3O/c1-3-21(4-2)16-7-8-27-11-18(16)29(20(21)30)12-17-19(23)15-6-5-14(22(24,25)26)9-13(15)10-28-17/h5-11H,3-4,12H2,1-2H3. The Bertz CT molecular complexity index is 1140. The number of fused-ring (bicyclic) bond motifs is 2. The van der Waals surface area contributed by atoms with Crippen molar-refractivity contribution in [2.45, 2.75) is 44.8 Å². The molecule has 0 saturated heterocycles. The van der Waals surface area contributed by atoms with Gasteiger partial charge in [0, 0.05) is 22.3 Å². The molecule has 0 unspecified atom stereocenters. The molecule has 0 radical (unpaired) electrons. The number of halogens is 4. The maximum atomic E-state index is 13.4. The van der Waals surface area contributed by atoms with E-state index in [9.17, 15) is 18.0 Å². The van der Waals surface area contributed by atoms with Gasteiger partial charge in [-0.15, -0.1) is 0 Å². The van der Waals surface area contributed by atoms with Gasteiger partial charge in [0.1, 0.15) is 0 Å². The number of pyridine rings is 2. The molecule has 2 aromatic heterocycles. The van der Waals surface area contributed by atoms with Crippen LogP contribution < -0.4 is 4.90 Å². The summed E-state index contributed by atoms with van der Waals surface area (Å²) in [7, 11) is 0. The number of nitrogens with zero attached hydrogens (tertiary/aromatic N) is 3. The molecule has 0 aliphatic carbocycles. The second-order valence-corrected chi connectivity index (χ2v) is 8.18. The number of alkyl halides is 3. The van der Waals surface area contributed by atoms with Gasteiger partial charge in [0.25, 0.3) is 0 Å². The van der Waals surface area contributed by atoms with Crippen molar-refractivity contribution in [1.29, 1.82) is 0 Å². The fraction of sp³-hybridized carbons (Fsp3) is 0.318. The van der Waals surface area contributed by atoms with Crippen LogP contribution in [0.4, 0.5) is 18.9 Å². The van der Waals surface area contributed by atoms with Gasteiger partial charge in [-0.2, -0.15) is 13.2 Å². The minimum atomic E-state index is -4.42. The van der Waals surface area contributed by atoms with Crippen molar-refractivity contribution >= 4 is 38.3 Å². The van der Waals surface area contributed by atoms with Crippen molar-refractivity contribution in [3.05, 3.63) is 64.1 Å². The summed E-state index contributed by atoms with van der Waals surface area (Å²) in [5.74, 6) is -0.00304. The first-order chi connectivity index (χ1) is 14.2. The van der Waals surface area contributed by atoms with Gasteiger partial charge in [-0.25, -0.2) is 0 Å². The molecule has 0 fully saturated rings. The first-order valence-electron chi connectivity index (χ1n) is 9.63. The summed E-state index contributed by atoms with van der Waals surface area (Å²) in [5.41, 5.74) is 0.977. The van der Waals surface area contributed by atoms with Gasteiger partial charge in [-0.3, -0.25) is 14.8 Å². The predicted molar refractivity (Wildman–Crippen MR) is 112 cm³/mol. The molecule has 8 heteroatoms. The van der Waals surface area contributed by atoms with E-state index >= 15 is 0 Å². The number of amides is 1. The van der Waals surface area contributed by atoms with Crippen LogP contribution in [0.2, 0.25) is 0 Å². The summed E-state index contributed by atoms with van der Waals surface area (Å²) in [6.45, 7) is 4.20. The van der Waals surface area contributed by atoms with E-state index in [0.29, 0.717) is 33.8 Å². The third-order valence-corrected chi connectivity index (χ3v) is 6.89. The minimum absolute atomic E-state index is 0.00304. The lowest BCUT2D eigenvalue weighted by atomic mass is 9.77. The van der Waals surface area contributed by atoms with Gasteiger partial charge in [-0.05, 0) is 57.9 Å². The van der Waals surface area contributed by atoms with Gasteiger partial charge < -0.3 is 4.90 Å². The van der Waals surface area contributed by atoms with Crippen molar-refractivity contribution in [2.75, 3.05) is 4.90 Å². The van der Waals surface area contributed by atoms with E-state index in [1.54, 1.807) is 17.3 Å². The largest absolute Gasteiger partial charge is 0.416 e. The average Bonchev–Trinajstić information content (AvgIpc) is 2.97. The topological polar surface area (TPSA) is 46.1 Å². The number of benzene rings is 1. The first kappa shape index (κ1) is 20.8. The molecule has 3 heterocycles. The summed E-state index contributed by atoms with van der Waals surface area (Å²) in [5, 5.41) is 0.995. The second-order valence-electron chi connectivity index (χ2n) is 7.39. The molecule has 4 nitrogen and oxygen atoms in total.